The average Bonchev–Trinajstić information content (AvgIpc) is 3.12. The normalized spacial score (nSPS) is 11.7. The number of benzene rings is 2. The van der Waals surface area contributed by atoms with E-state index in [-0.39, 0.29) is 12.1 Å². The first kappa shape index (κ1) is 17.8. The van der Waals surface area contributed by atoms with Crippen LogP contribution in [0, 0.1) is 5.82 Å². The van der Waals surface area contributed by atoms with Gasteiger partial charge in [0.25, 0.3) is 5.91 Å². The minimum absolute atomic E-state index is 0.125. The number of aromatic nitrogens is 1. The topological polar surface area (TPSA) is 79.3 Å². The highest BCUT2D eigenvalue weighted by Crippen LogP contribution is 2.26. The first-order chi connectivity index (χ1) is 12.5. The molecular weight excluding hydrogens is 355 g/mol. The molecule has 26 heavy (non-hydrogen) atoms. The number of nitrogens with zero attached hydrogens (tertiary/aromatic N) is 1. The molecule has 0 saturated heterocycles. The summed E-state index contributed by atoms with van der Waals surface area (Å²) in [7, 11) is 0. The van der Waals surface area contributed by atoms with Crippen LogP contribution in [0.5, 0.6) is 0 Å². The Morgan fingerprint density at radius 1 is 1.12 bits per heavy atom. The molecule has 1 aromatic heterocycles. The number of thiazole rings is 1. The minimum Gasteiger partial charge on any atom is -0.481 e. The maximum Gasteiger partial charge on any atom is 0.305 e. The van der Waals surface area contributed by atoms with Gasteiger partial charge in [-0.25, -0.2) is 9.37 Å². The van der Waals surface area contributed by atoms with Crippen molar-refractivity contribution < 1.29 is 19.1 Å². The van der Waals surface area contributed by atoms with Gasteiger partial charge in [-0.15, -0.1) is 11.3 Å². The predicted molar refractivity (Wildman–Crippen MR) is 96.4 cm³/mol. The Kier molecular flexibility index (Phi) is 5.38. The van der Waals surface area contributed by atoms with Gasteiger partial charge in [0, 0.05) is 10.9 Å². The van der Waals surface area contributed by atoms with Crippen LogP contribution >= 0.6 is 11.3 Å². The third kappa shape index (κ3) is 4.12. The van der Waals surface area contributed by atoms with Crippen molar-refractivity contribution in [2.45, 2.75) is 12.5 Å². The molecule has 132 valence electrons. The zero-order valence-electron chi connectivity index (χ0n) is 13.6. The molecule has 1 atom stereocenters. The molecule has 2 N–H and O–H groups in total. The second-order valence-corrected chi connectivity index (χ2v) is 6.41. The van der Waals surface area contributed by atoms with Crippen molar-refractivity contribution in [3.05, 3.63) is 77.1 Å². The van der Waals surface area contributed by atoms with Crippen molar-refractivity contribution >= 4 is 23.2 Å². The summed E-state index contributed by atoms with van der Waals surface area (Å²) >= 11 is 1.15. The molecule has 3 rings (SSSR count). The number of carbonyl (C=O) groups is 2. The molecule has 7 heteroatoms. The van der Waals surface area contributed by atoms with E-state index in [0.717, 1.165) is 11.3 Å². The summed E-state index contributed by atoms with van der Waals surface area (Å²) in [5.41, 5.74) is 1.13. The van der Waals surface area contributed by atoms with Crippen LogP contribution in [-0.2, 0) is 4.79 Å². The molecule has 0 aliphatic heterocycles. The van der Waals surface area contributed by atoms with E-state index < -0.39 is 23.7 Å². The summed E-state index contributed by atoms with van der Waals surface area (Å²) in [5, 5.41) is 13.7. The molecule has 0 saturated carbocycles. The van der Waals surface area contributed by atoms with Crippen LogP contribution in [0.1, 0.15) is 28.5 Å². The number of halogens is 1. The Labute approximate surface area is 153 Å². The van der Waals surface area contributed by atoms with E-state index in [2.05, 4.69) is 10.3 Å². The summed E-state index contributed by atoms with van der Waals surface area (Å²) in [6.45, 7) is 0. The molecule has 5 nitrogen and oxygen atoms in total. The van der Waals surface area contributed by atoms with Gasteiger partial charge in [-0.3, -0.25) is 9.59 Å². The van der Waals surface area contributed by atoms with Crippen molar-refractivity contribution in [3.63, 3.8) is 0 Å². The van der Waals surface area contributed by atoms with E-state index in [1.807, 2.05) is 6.07 Å². The van der Waals surface area contributed by atoms with Gasteiger partial charge >= 0.3 is 5.97 Å². The number of amides is 1. The van der Waals surface area contributed by atoms with E-state index in [1.165, 1.54) is 11.4 Å². The highest BCUT2D eigenvalue weighted by Gasteiger charge is 2.21. The summed E-state index contributed by atoms with van der Waals surface area (Å²) in [4.78, 5) is 27.8. The Morgan fingerprint density at radius 3 is 2.50 bits per heavy atom. The SMILES string of the molecule is O=C(O)C[C@H](NC(=O)c1csc(-c2ccccc2F)n1)c1ccccc1. The first-order valence-electron chi connectivity index (χ1n) is 7.82. The first-order valence-corrected chi connectivity index (χ1v) is 8.70. The predicted octanol–water partition coefficient (Wildman–Crippen LogP) is 3.90. The van der Waals surface area contributed by atoms with Gasteiger partial charge in [-0.2, -0.15) is 0 Å². The Hall–Kier alpha value is -3.06. The number of hydrogen-bond acceptors (Lipinski definition) is 4. The van der Waals surface area contributed by atoms with Crippen LogP contribution < -0.4 is 5.32 Å². The number of nitrogens with one attached hydrogen (secondary N) is 1. The summed E-state index contributed by atoms with van der Waals surface area (Å²) in [5.74, 6) is -1.94. The van der Waals surface area contributed by atoms with Crippen molar-refractivity contribution in [2.75, 3.05) is 0 Å². The molecule has 1 amide bonds. The molecule has 0 unspecified atom stereocenters. The molecule has 3 aromatic rings. The molecule has 0 bridgehead atoms. The van der Waals surface area contributed by atoms with Crippen LogP contribution in [0.2, 0.25) is 0 Å². The third-order valence-electron chi connectivity index (χ3n) is 3.73. The van der Waals surface area contributed by atoms with Crippen LogP contribution in [0.15, 0.2) is 60.0 Å². The Morgan fingerprint density at radius 2 is 1.81 bits per heavy atom. The van der Waals surface area contributed by atoms with Gasteiger partial charge in [0.2, 0.25) is 0 Å². The lowest BCUT2D eigenvalue weighted by Crippen LogP contribution is -2.30. The molecule has 0 aliphatic carbocycles. The highest BCUT2D eigenvalue weighted by atomic mass is 32.1. The Balaban J connectivity index is 1.80. The zero-order chi connectivity index (χ0) is 18.5. The van der Waals surface area contributed by atoms with E-state index in [4.69, 9.17) is 5.11 Å². The Bertz CT molecular complexity index is 927. The maximum absolute atomic E-state index is 13.9. The summed E-state index contributed by atoms with van der Waals surface area (Å²) in [6, 6.07) is 14.4. The highest BCUT2D eigenvalue weighted by molar-refractivity contribution is 7.13. The van der Waals surface area contributed by atoms with Gasteiger partial charge in [-0.1, -0.05) is 42.5 Å². The van der Waals surface area contributed by atoms with Crippen molar-refractivity contribution in [3.8, 4) is 10.6 Å². The van der Waals surface area contributed by atoms with Gasteiger partial charge in [-0.05, 0) is 17.7 Å². The van der Waals surface area contributed by atoms with Gasteiger partial charge in [0.05, 0.1) is 12.5 Å². The molecule has 1 heterocycles. The fourth-order valence-electron chi connectivity index (χ4n) is 2.48. The molecule has 2 aromatic carbocycles. The number of hydrogen-bond donors (Lipinski definition) is 2. The van der Waals surface area contributed by atoms with Crippen LogP contribution in [0.3, 0.4) is 0 Å². The van der Waals surface area contributed by atoms with Crippen LogP contribution in [0.25, 0.3) is 10.6 Å². The lowest BCUT2D eigenvalue weighted by molar-refractivity contribution is -0.137. The van der Waals surface area contributed by atoms with Crippen molar-refractivity contribution in [1.29, 1.82) is 0 Å². The second-order valence-electron chi connectivity index (χ2n) is 5.55. The largest absolute Gasteiger partial charge is 0.481 e. The van der Waals surface area contributed by atoms with E-state index in [0.29, 0.717) is 16.1 Å². The lowest BCUT2D eigenvalue weighted by Gasteiger charge is -2.16. The van der Waals surface area contributed by atoms with Crippen LogP contribution in [-0.4, -0.2) is 22.0 Å². The second kappa shape index (κ2) is 7.88. The number of carboxylic acid groups (broad SMARTS) is 1. The number of aliphatic carboxylic acids is 1. The zero-order valence-corrected chi connectivity index (χ0v) is 14.4. The van der Waals surface area contributed by atoms with Crippen molar-refractivity contribution in [2.24, 2.45) is 0 Å². The van der Waals surface area contributed by atoms with Gasteiger partial charge in [0.15, 0.2) is 0 Å². The maximum atomic E-state index is 13.9. The van der Waals surface area contributed by atoms with Gasteiger partial charge < -0.3 is 10.4 Å². The molecular formula is C19H15FN2O3S. The van der Waals surface area contributed by atoms with E-state index >= 15 is 0 Å². The van der Waals surface area contributed by atoms with E-state index in [1.54, 1.807) is 42.5 Å². The molecule has 0 spiro atoms. The number of carbonyl (C=O) groups excluding carboxylic acids is 1. The smallest absolute Gasteiger partial charge is 0.305 e. The van der Waals surface area contributed by atoms with E-state index in [9.17, 15) is 14.0 Å². The molecule has 0 fully saturated rings. The summed E-state index contributed by atoms with van der Waals surface area (Å²) < 4.78 is 13.9. The lowest BCUT2D eigenvalue weighted by atomic mass is 10.0. The fraction of sp³-hybridized carbons (Fsp3) is 0.105. The standard InChI is InChI=1S/C19H15FN2O3S/c20-14-9-5-4-8-13(14)19-22-16(11-26-19)18(25)21-15(10-17(23)24)12-6-2-1-3-7-12/h1-9,11,15H,10H2,(H,21,25)(H,23,24)/t15-/m0/s1. The quantitative estimate of drug-likeness (QED) is 0.690. The molecule has 0 radical (unpaired) electrons. The van der Waals surface area contributed by atoms with Crippen LogP contribution in [0.4, 0.5) is 4.39 Å². The monoisotopic (exact) mass is 370 g/mol. The third-order valence-corrected chi connectivity index (χ3v) is 4.60. The summed E-state index contributed by atoms with van der Waals surface area (Å²) in [6.07, 6.45) is -0.250. The number of carboxylic acids is 1. The number of rotatable bonds is 6. The van der Waals surface area contributed by atoms with Gasteiger partial charge in [0.1, 0.15) is 16.5 Å². The minimum atomic E-state index is -1.02. The fourth-order valence-corrected chi connectivity index (χ4v) is 3.31. The molecule has 0 aliphatic rings. The van der Waals surface area contributed by atoms with Crippen molar-refractivity contribution in [1.82, 2.24) is 10.3 Å². The average molecular weight is 370 g/mol.